The minimum atomic E-state index is -0.756. The number of amides is 6. The molecule has 0 spiro atoms. The molecule has 6 rings (SSSR count). The normalized spacial score (nSPS) is 14.7. The van der Waals surface area contributed by atoms with E-state index in [1.165, 1.54) is 50.7 Å². The number of methoxy groups -OCH3 is 2. The van der Waals surface area contributed by atoms with Gasteiger partial charge < -0.3 is 74.8 Å². The van der Waals surface area contributed by atoms with E-state index in [0.29, 0.717) is 103 Å². The number of H-pyrrole nitrogens is 2. The summed E-state index contributed by atoms with van der Waals surface area (Å²) in [7, 11) is 2.43. The number of aryl methyl sites for hydroxylation is 1. The molecule has 0 saturated carbocycles. The van der Waals surface area contributed by atoms with Crippen molar-refractivity contribution in [3.63, 3.8) is 0 Å². The summed E-state index contributed by atoms with van der Waals surface area (Å²) in [6, 6.07) is 1.26. The lowest BCUT2D eigenvalue weighted by atomic mass is 10.0. The van der Waals surface area contributed by atoms with Crippen molar-refractivity contribution in [2.24, 2.45) is 0 Å². The number of carbonyl (C=O) groups excluding carboxylic acids is 14. The Balaban J connectivity index is 0.000000451. The van der Waals surface area contributed by atoms with Gasteiger partial charge in [-0.2, -0.15) is 0 Å². The van der Waals surface area contributed by atoms with Crippen molar-refractivity contribution in [1.82, 2.24) is 47.2 Å². The van der Waals surface area contributed by atoms with Crippen LogP contribution in [0.3, 0.4) is 0 Å². The molecule has 526 valence electrons. The molecule has 0 unspecified atom stereocenters. The molecule has 6 heterocycles. The molecule has 5 aliphatic heterocycles. The number of nitrogens with one attached hydrogen (secondary N) is 9. The predicted molar refractivity (Wildman–Crippen MR) is 344 cm³/mol. The highest BCUT2D eigenvalue weighted by Gasteiger charge is 2.18. The average molecular weight is 1370 g/mol. The second-order valence-electron chi connectivity index (χ2n) is 20.1. The van der Waals surface area contributed by atoms with E-state index in [0.717, 1.165) is 59.8 Å². The lowest BCUT2D eigenvalue weighted by Gasteiger charge is -2.18. The summed E-state index contributed by atoms with van der Waals surface area (Å²) in [5, 5.41) is 17.9. The van der Waals surface area contributed by atoms with Gasteiger partial charge in [0.05, 0.1) is 53.9 Å². The van der Waals surface area contributed by atoms with E-state index in [2.05, 4.69) is 83.0 Å². The quantitative estimate of drug-likeness (QED) is 0.0179. The SMILES string of the molecule is C.C=C1CC(CCCOC(=O)/C=C/C(=O)OC)=CC(=O)N1.C=C1CC(CCCOC(=O)/C=C/C(=O)OCCCc2cc(=O)[nH]c(=O)[nH]2)=CC(=O)N1.C=C1NC(=O)C=C(CCOC(=O)/C=C/C(=O)OC)N1.C=C1NC(=O)C=C(CCOC(=O)/C=C/C(=O)OCCC2=CC(=O)NC(=O)C2)N1. The van der Waals surface area contributed by atoms with E-state index in [4.69, 9.17) is 28.4 Å². The topological polar surface area (TPSA) is 463 Å². The maximum Gasteiger partial charge on any atom is 0.331 e. The Morgan fingerprint density at radius 3 is 1.05 bits per heavy atom. The van der Waals surface area contributed by atoms with Crippen LogP contribution in [-0.2, 0) is 111 Å². The van der Waals surface area contributed by atoms with Crippen LogP contribution in [0.1, 0.15) is 83.7 Å². The predicted octanol–water partition coefficient (Wildman–Crippen LogP) is 1.19. The Morgan fingerprint density at radius 2 is 0.704 bits per heavy atom. The van der Waals surface area contributed by atoms with Crippen LogP contribution in [0.4, 0.5) is 0 Å². The van der Waals surface area contributed by atoms with Crippen LogP contribution in [-0.4, -0.2) is 147 Å². The highest BCUT2D eigenvalue weighted by Crippen LogP contribution is 2.19. The molecule has 6 amide bonds. The summed E-state index contributed by atoms with van der Waals surface area (Å²) in [6.07, 6.45) is 20.0. The molecule has 0 fully saturated rings. The van der Waals surface area contributed by atoms with Gasteiger partial charge in [-0.1, -0.05) is 50.5 Å². The van der Waals surface area contributed by atoms with Crippen LogP contribution in [0.15, 0.2) is 172 Å². The van der Waals surface area contributed by atoms with Crippen molar-refractivity contribution in [3.05, 3.63) is 189 Å². The first-order valence-electron chi connectivity index (χ1n) is 29.2. The molecule has 0 atom stereocenters. The third-order valence-corrected chi connectivity index (χ3v) is 12.1. The van der Waals surface area contributed by atoms with Gasteiger partial charge in [0.1, 0.15) is 11.6 Å². The van der Waals surface area contributed by atoms with Gasteiger partial charge >= 0.3 is 53.4 Å². The number of hydrogen-bond acceptors (Lipinski definition) is 26. The third kappa shape index (κ3) is 38.0. The minimum absolute atomic E-state index is 0. The standard InChI is InChI=1S/C20H23N3O7.C18H19N3O7.C14H17NO5.C12H14N2O5.CH4/c1-13-10-14(11-16(24)21-13)4-2-8-29-18(26)6-7-19(27)30-9-3-5-15-12-17(25)23-20(28)22-15;1-11-19-13(10-16(24)20-11)5-7-28-18(26)3-2-17(25)27-6-4-12-8-14(22)21-15(23)9-12;1-10-8-11(9-12(16)15-10)4-3-7-20-14(18)6-5-13(17)19-2;1-8-13-9(7-10(15)14-8)5-6-19-12(17)4-3-11(16)18-2;/h6-7,11-12H,1-5,8-10H2,(H,21,24)(H2,22,23,25,28);2-3,8,10,19H,1,4-7,9H2,(H,20,24)(H,21,22,23);5-6,9H,1,3-4,7-8H2,2H3,(H,15,16);3-4,7,13H,1,5-6H2,2H3,(H,14,15);1H4/b7-6+;3-2+;6-5+;4-3+;. The Morgan fingerprint density at radius 1 is 0.378 bits per heavy atom. The van der Waals surface area contributed by atoms with Crippen LogP contribution in [0, 0.1) is 0 Å². The first kappa shape index (κ1) is 81.8. The number of carbonyl (C=O) groups is 14. The molecule has 0 aromatic carbocycles. The Labute approximate surface area is 561 Å². The van der Waals surface area contributed by atoms with Crippen molar-refractivity contribution < 1.29 is 105 Å². The van der Waals surface area contributed by atoms with Gasteiger partial charge in [0, 0.05) is 152 Å². The number of hydrogen-bond donors (Lipinski definition) is 9. The fraction of sp³-hybridized carbons (Fsp3) is 0.323. The summed E-state index contributed by atoms with van der Waals surface area (Å²) in [4.78, 5) is 184. The van der Waals surface area contributed by atoms with Crippen molar-refractivity contribution in [1.29, 1.82) is 0 Å². The Bertz CT molecular complexity index is 3550. The zero-order chi connectivity index (χ0) is 71.7. The summed E-state index contributed by atoms with van der Waals surface area (Å²) >= 11 is 0. The van der Waals surface area contributed by atoms with Crippen LogP contribution in [0.5, 0.6) is 0 Å². The van der Waals surface area contributed by atoms with E-state index in [1.54, 1.807) is 0 Å². The number of aromatic nitrogens is 2. The van der Waals surface area contributed by atoms with Crippen LogP contribution in [0.2, 0.25) is 0 Å². The monoisotopic (exact) mass is 1370 g/mol. The maximum atomic E-state index is 11.6. The second kappa shape index (κ2) is 45.1. The molecule has 0 aliphatic carbocycles. The molecule has 1 aromatic rings. The van der Waals surface area contributed by atoms with Gasteiger partial charge in [0.2, 0.25) is 17.7 Å². The van der Waals surface area contributed by atoms with Crippen molar-refractivity contribution in [2.45, 2.75) is 84.5 Å². The van der Waals surface area contributed by atoms with Gasteiger partial charge in [-0.05, 0) is 38.5 Å². The molecule has 33 nitrogen and oxygen atoms in total. The summed E-state index contributed by atoms with van der Waals surface area (Å²) in [5.41, 5.74) is 4.24. The molecule has 0 saturated heterocycles. The van der Waals surface area contributed by atoms with Gasteiger partial charge in [0.25, 0.3) is 23.3 Å². The number of rotatable bonds is 29. The highest BCUT2D eigenvalue weighted by atomic mass is 16.6. The van der Waals surface area contributed by atoms with Crippen LogP contribution in [0.25, 0.3) is 0 Å². The molecule has 9 N–H and O–H groups in total. The van der Waals surface area contributed by atoms with Gasteiger partial charge in [-0.3, -0.25) is 43.9 Å². The molecular formula is C65H77N9O24. The van der Waals surface area contributed by atoms with Crippen molar-refractivity contribution in [2.75, 3.05) is 53.9 Å². The molecule has 1 aromatic heterocycles. The lowest BCUT2D eigenvalue weighted by molar-refractivity contribution is -0.140. The molecule has 98 heavy (non-hydrogen) atoms. The van der Waals surface area contributed by atoms with Crippen molar-refractivity contribution in [3.8, 4) is 0 Å². The van der Waals surface area contributed by atoms with E-state index in [-0.39, 0.29) is 90.0 Å². The van der Waals surface area contributed by atoms with E-state index in [1.807, 2.05) is 0 Å². The highest BCUT2D eigenvalue weighted by molar-refractivity contribution is 6.05. The fourth-order valence-electron chi connectivity index (χ4n) is 7.96. The van der Waals surface area contributed by atoms with E-state index in [9.17, 15) is 76.7 Å². The number of ether oxygens (including phenoxy) is 8. The number of aromatic amines is 2. The number of esters is 8. The zero-order valence-electron chi connectivity index (χ0n) is 52.9. The van der Waals surface area contributed by atoms with E-state index < -0.39 is 70.8 Å². The molecule has 0 bridgehead atoms. The largest absolute Gasteiger partial charge is 0.466 e. The molecule has 5 aliphatic rings. The molecule has 33 heteroatoms. The molecule has 0 radical (unpaired) electrons. The van der Waals surface area contributed by atoms with Gasteiger partial charge in [-0.15, -0.1) is 0 Å². The van der Waals surface area contributed by atoms with Crippen LogP contribution >= 0.6 is 0 Å². The number of imide groups is 1. The minimum Gasteiger partial charge on any atom is -0.466 e. The fourth-order valence-corrected chi connectivity index (χ4v) is 7.96. The summed E-state index contributed by atoms with van der Waals surface area (Å²) in [5.74, 6) is -6.55. The summed E-state index contributed by atoms with van der Waals surface area (Å²) < 4.78 is 38.1. The van der Waals surface area contributed by atoms with Gasteiger partial charge in [-0.25, -0.2) is 43.2 Å². The Hall–Kier alpha value is -12.3. The first-order valence-corrected chi connectivity index (χ1v) is 29.2. The lowest BCUT2D eigenvalue weighted by Crippen LogP contribution is -2.35. The summed E-state index contributed by atoms with van der Waals surface area (Å²) in [6.45, 7) is 15.0. The smallest absolute Gasteiger partial charge is 0.331 e. The first-order chi connectivity index (χ1) is 46.1. The molecular weight excluding hydrogens is 1290 g/mol. The average Bonchev–Trinajstić information content (AvgIpc) is 0.990. The van der Waals surface area contributed by atoms with Gasteiger partial charge in [0.15, 0.2) is 0 Å². The van der Waals surface area contributed by atoms with Crippen molar-refractivity contribution >= 4 is 83.2 Å². The second-order valence-corrected chi connectivity index (χ2v) is 20.1. The number of allylic oxidation sites excluding steroid dienone is 2. The van der Waals surface area contributed by atoms with E-state index >= 15 is 0 Å². The van der Waals surface area contributed by atoms with Crippen LogP contribution < -0.4 is 48.5 Å². The third-order valence-electron chi connectivity index (χ3n) is 12.1. The zero-order valence-corrected chi connectivity index (χ0v) is 52.9. The maximum absolute atomic E-state index is 11.6. The Kier molecular flexibility index (Phi) is 37.6.